The predicted octanol–water partition coefficient (Wildman–Crippen LogP) is -0.490. The molecule has 3 heteroatoms. The highest BCUT2D eigenvalue weighted by Gasteiger charge is 2.04. The predicted molar refractivity (Wildman–Crippen MR) is 95.5 cm³/mol. The molecule has 0 unspecified atom stereocenters. The Kier molecular flexibility index (Phi) is 3.60. The van der Waals surface area contributed by atoms with E-state index in [9.17, 15) is 4.79 Å². The average molecular weight is 312 g/mol. The molecule has 2 aromatic rings. The zero-order valence-electron chi connectivity index (χ0n) is 13.0. The SMILES string of the molecule is O=C(C=[N+]1C=c2ccccc2=C[CH-]1)C=[N+]1C=c2ccccc2=C[CH-]1. The van der Waals surface area contributed by atoms with Gasteiger partial charge in [0.1, 0.15) is 12.4 Å². The monoisotopic (exact) mass is 312 g/mol. The van der Waals surface area contributed by atoms with Gasteiger partial charge in [-0.05, 0) is 10.4 Å². The molecule has 2 heterocycles. The Balaban J connectivity index is 1.62. The molecule has 2 aliphatic rings. The molecule has 0 atom stereocenters. The minimum absolute atomic E-state index is 0.0736. The van der Waals surface area contributed by atoms with Gasteiger partial charge in [-0.15, -0.1) is 0 Å². The molecule has 0 saturated heterocycles. The second kappa shape index (κ2) is 6.05. The van der Waals surface area contributed by atoms with Crippen molar-refractivity contribution in [2.75, 3.05) is 0 Å². The third kappa shape index (κ3) is 2.92. The van der Waals surface area contributed by atoms with Crippen molar-refractivity contribution in [1.82, 2.24) is 0 Å². The molecule has 0 N–H and O–H groups in total. The van der Waals surface area contributed by atoms with Crippen molar-refractivity contribution >= 4 is 42.8 Å². The van der Waals surface area contributed by atoms with E-state index in [-0.39, 0.29) is 5.78 Å². The average Bonchev–Trinajstić information content (AvgIpc) is 2.61. The Morgan fingerprint density at radius 2 is 1.12 bits per heavy atom. The molecule has 0 amide bonds. The molecule has 2 aliphatic heterocycles. The zero-order valence-corrected chi connectivity index (χ0v) is 13.0. The van der Waals surface area contributed by atoms with Crippen LogP contribution in [0.5, 0.6) is 0 Å². The van der Waals surface area contributed by atoms with Crippen molar-refractivity contribution in [3.05, 3.63) is 82.5 Å². The highest BCUT2D eigenvalue weighted by Crippen LogP contribution is 1.92. The lowest BCUT2D eigenvalue weighted by atomic mass is 10.2. The van der Waals surface area contributed by atoms with Gasteiger partial charge in [0, 0.05) is 0 Å². The molecular formula is C21H16N2O. The van der Waals surface area contributed by atoms with Gasteiger partial charge in [-0.3, -0.25) is 13.9 Å². The van der Waals surface area contributed by atoms with E-state index in [0.717, 1.165) is 20.9 Å². The highest BCUT2D eigenvalue weighted by molar-refractivity contribution is 6.51. The number of carbonyl (C=O) groups excluding carboxylic acids is 1. The standard InChI is InChI=1S/C21H16N2O/c24-21(15-22-11-9-17-5-1-3-7-19(17)13-22)16-23-12-10-18-6-2-4-8-20(18)14-23/h1-16H. The van der Waals surface area contributed by atoms with Crippen LogP contribution >= 0.6 is 0 Å². The second-order valence-electron chi connectivity index (χ2n) is 5.70. The number of Topliss-reactive ketones (excluding diaryl/α,β-unsaturated/α-hetero) is 1. The smallest absolute Gasteiger partial charge is 0.222 e. The molecule has 0 aliphatic carbocycles. The van der Waals surface area contributed by atoms with Gasteiger partial charge in [0.05, 0.1) is 25.5 Å². The summed E-state index contributed by atoms with van der Waals surface area (Å²) in [6.45, 7) is 3.78. The number of benzene rings is 2. The third-order valence-corrected chi connectivity index (χ3v) is 3.97. The number of fused-ring (bicyclic) bond motifs is 2. The van der Waals surface area contributed by atoms with Gasteiger partial charge in [0.2, 0.25) is 5.78 Å². The maximum Gasteiger partial charge on any atom is 0.222 e. The molecule has 0 saturated carbocycles. The molecule has 0 bridgehead atoms. The summed E-state index contributed by atoms with van der Waals surface area (Å²) in [5.41, 5.74) is 0. The topological polar surface area (TPSA) is 23.1 Å². The summed E-state index contributed by atoms with van der Waals surface area (Å²) in [4.78, 5) is 12.3. The van der Waals surface area contributed by atoms with E-state index in [1.165, 1.54) is 0 Å². The Hall–Kier alpha value is -3.33. The van der Waals surface area contributed by atoms with E-state index >= 15 is 0 Å². The van der Waals surface area contributed by atoms with Crippen LogP contribution in [0.25, 0.3) is 24.6 Å². The number of nitrogens with zero attached hydrogens (tertiary/aromatic N) is 2. The molecule has 0 radical (unpaired) electrons. The summed E-state index contributed by atoms with van der Waals surface area (Å²) in [6.07, 6.45) is 11.1. The van der Waals surface area contributed by atoms with Crippen LogP contribution in [0.2, 0.25) is 0 Å². The lowest BCUT2D eigenvalue weighted by Crippen LogP contribution is -2.32. The molecular weight excluding hydrogens is 296 g/mol. The molecule has 3 nitrogen and oxygen atoms in total. The normalized spacial score (nSPS) is 17.8. The van der Waals surface area contributed by atoms with Crippen LogP contribution in [0, 0.1) is 13.1 Å². The molecule has 4 rings (SSSR count). The lowest BCUT2D eigenvalue weighted by Gasteiger charge is -2.08. The molecule has 0 aromatic heterocycles. The van der Waals surface area contributed by atoms with Crippen LogP contribution in [0.3, 0.4) is 0 Å². The van der Waals surface area contributed by atoms with Crippen molar-refractivity contribution in [1.29, 1.82) is 0 Å². The van der Waals surface area contributed by atoms with Crippen molar-refractivity contribution in [3.8, 4) is 0 Å². The summed E-state index contributed by atoms with van der Waals surface area (Å²) in [5.74, 6) is -0.0736. The van der Waals surface area contributed by atoms with Gasteiger partial charge in [0.25, 0.3) is 0 Å². The summed E-state index contributed by atoms with van der Waals surface area (Å²) >= 11 is 0. The number of rotatable bonds is 2. The first-order valence-corrected chi connectivity index (χ1v) is 7.81. The van der Waals surface area contributed by atoms with Gasteiger partial charge in [-0.25, -0.2) is 0 Å². The van der Waals surface area contributed by atoms with Gasteiger partial charge in [0.15, 0.2) is 0 Å². The Morgan fingerprint density at radius 1 is 0.708 bits per heavy atom. The minimum atomic E-state index is -0.0736. The number of carbonyl (C=O) groups is 1. The Bertz CT molecular complexity index is 1030. The van der Waals surface area contributed by atoms with E-state index < -0.39 is 0 Å². The third-order valence-electron chi connectivity index (χ3n) is 3.97. The fourth-order valence-electron chi connectivity index (χ4n) is 2.79. The Labute approximate surface area is 139 Å². The highest BCUT2D eigenvalue weighted by atomic mass is 16.1. The van der Waals surface area contributed by atoms with Crippen molar-refractivity contribution in [3.63, 3.8) is 0 Å². The van der Waals surface area contributed by atoms with Crippen LogP contribution < -0.4 is 20.9 Å². The number of hydrogen-bond acceptors (Lipinski definition) is 1. The molecule has 116 valence electrons. The van der Waals surface area contributed by atoms with Crippen LogP contribution in [-0.2, 0) is 4.79 Å². The van der Waals surface area contributed by atoms with E-state index in [4.69, 9.17) is 0 Å². The van der Waals surface area contributed by atoms with Gasteiger partial charge in [-0.1, -0.05) is 71.1 Å². The van der Waals surface area contributed by atoms with Crippen molar-refractivity contribution in [2.45, 2.75) is 0 Å². The largest absolute Gasteiger partial charge is 0.299 e. The number of hydrogen-bond donors (Lipinski definition) is 0. The van der Waals surface area contributed by atoms with E-state index in [0.29, 0.717) is 0 Å². The van der Waals surface area contributed by atoms with Crippen LogP contribution in [-0.4, -0.2) is 27.4 Å². The van der Waals surface area contributed by atoms with Crippen molar-refractivity contribution < 1.29 is 13.9 Å². The van der Waals surface area contributed by atoms with Crippen LogP contribution in [0.15, 0.2) is 48.5 Å². The van der Waals surface area contributed by atoms with E-state index in [1.807, 2.05) is 74.0 Å². The summed E-state index contributed by atoms with van der Waals surface area (Å²) in [6, 6.07) is 16.2. The fraction of sp³-hybridized carbons (Fsp3) is 0. The quantitative estimate of drug-likeness (QED) is 0.542. The fourth-order valence-corrected chi connectivity index (χ4v) is 2.79. The maximum atomic E-state index is 12.3. The van der Waals surface area contributed by atoms with Crippen LogP contribution in [0.4, 0.5) is 0 Å². The second-order valence-corrected chi connectivity index (χ2v) is 5.70. The first-order chi connectivity index (χ1) is 11.8. The van der Waals surface area contributed by atoms with Gasteiger partial charge in [-0.2, -0.15) is 0 Å². The van der Waals surface area contributed by atoms with E-state index in [2.05, 4.69) is 12.1 Å². The van der Waals surface area contributed by atoms with Gasteiger partial charge >= 0.3 is 0 Å². The maximum absolute atomic E-state index is 12.3. The van der Waals surface area contributed by atoms with Crippen LogP contribution in [0.1, 0.15) is 0 Å². The van der Waals surface area contributed by atoms with E-state index in [1.54, 1.807) is 21.6 Å². The summed E-state index contributed by atoms with van der Waals surface area (Å²) < 4.78 is 3.59. The minimum Gasteiger partial charge on any atom is -0.299 e. The zero-order chi connectivity index (χ0) is 16.4. The van der Waals surface area contributed by atoms with Gasteiger partial charge < -0.3 is 0 Å². The molecule has 24 heavy (non-hydrogen) atoms. The molecule has 0 fully saturated rings. The molecule has 2 aromatic carbocycles. The number of ketones is 1. The first-order valence-electron chi connectivity index (χ1n) is 7.81. The first kappa shape index (κ1) is 14.3. The van der Waals surface area contributed by atoms with Crippen molar-refractivity contribution in [2.24, 2.45) is 0 Å². The summed E-state index contributed by atoms with van der Waals surface area (Å²) in [5, 5.41) is 4.51. The Morgan fingerprint density at radius 3 is 1.58 bits per heavy atom. The summed E-state index contributed by atoms with van der Waals surface area (Å²) in [7, 11) is 0. The molecule has 0 spiro atoms. The lowest BCUT2D eigenvalue weighted by molar-refractivity contribution is -0.361.